The van der Waals surface area contributed by atoms with Crippen molar-refractivity contribution in [2.45, 2.75) is 22.3 Å². The SMILES string of the molecule is Nc1cc(C(F)(F)F)c(Sc2ncc(C(F)(F)F)cc2Cl)cc1F. The topological polar surface area (TPSA) is 38.9 Å². The Balaban J connectivity index is 2.47. The minimum atomic E-state index is -4.84. The standard InChI is InChI=1S/C13H6ClF7N2S/c14-7-1-5(12(16,17)18)4-23-11(7)24-10-3-8(15)9(22)2-6(10)13(19,20)21/h1-4H,22H2. The molecule has 0 unspecified atom stereocenters. The summed E-state index contributed by atoms with van der Waals surface area (Å²) >= 11 is 5.92. The summed E-state index contributed by atoms with van der Waals surface area (Å²) in [5.41, 5.74) is 2.01. The smallest absolute Gasteiger partial charge is 0.396 e. The summed E-state index contributed by atoms with van der Waals surface area (Å²) in [5, 5.41) is -0.848. The van der Waals surface area contributed by atoms with Crippen LogP contribution in [0.4, 0.5) is 36.4 Å². The zero-order chi connectivity index (χ0) is 18.3. The first kappa shape index (κ1) is 18.7. The van der Waals surface area contributed by atoms with E-state index >= 15 is 0 Å². The molecular weight excluding hydrogens is 385 g/mol. The predicted molar refractivity (Wildman–Crippen MR) is 74.2 cm³/mol. The van der Waals surface area contributed by atoms with E-state index in [1.54, 1.807) is 0 Å². The average Bonchev–Trinajstić information content (AvgIpc) is 2.42. The van der Waals surface area contributed by atoms with Gasteiger partial charge in [-0.2, -0.15) is 26.3 Å². The van der Waals surface area contributed by atoms with Crippen LogP contribution in [0.2, 0.25) is 5.02 Å². The van der Waals surface area contributed by atoms with Crippen molar-refractivity contribution < 1.29 is 30.7 Å². The summed E-state index contributed by atoms with van der Waals surface area (Å²) in [6.07, 6.45) is -9.12. The monoisotopic (exact) mass is 390 g/mol. The van der Waals surface area contributed by atoms with E-state index in [9.17, 15) is 30.7 Å². The van der Waals surface area contributed by atoms with Gasteiger partial charge in [0.25, 0.3) is 0 Å². The summed E-state index contributed by atoms with van der Waals surface area (Å²) < 4.78 is 90.0. The van der Waals surface area contributed by atoms with E-state index in [0.29, 0.717) is 24.4 Å². The van der Waals surface area contributed by atoms with Crippen LogP contribution in [0, 0.1) is 5.82 Å². The minimum Gasteiger partial charge on any atom is -0.396 e. The number of anilines is 1. The van der Waals surface area contributed by atoms with Crippen LogP contribution in [0.1, 0.15) is 11.1 Å². The summed E-state index contributed by atoms with van der Waals surface area (Å²) in [6, 6.07) is 1.45. The highest BCUT2D eigenvalue weighted by atomic mass is 35.5. The molecule has 0 spiro atoms. The van der Waals surface area contributed by atoms with Gasteiger partial charge in [-0.1, -0.05) is 23.4 Å². The molecule has 130 valence electrons. The first-order valence-corrected chi connectivity index (χ1v) is 7.16. The van der Waals surface area contributed by atoms with Crippen LogP contribution in [0.3, 0.4) is 0 Å². The molecule has 0 saturated heterocycles. The number of rotatable bonds is 2. The number of aromatic nitrogens is 1. The Hall–Kier alpha value is -1.68. The van der Waals surface area contributed by atoms with E-state index in [0.717, 1.165) is 0 Å². The maximum absolute atomic E-state index is 13.5. The van der Waals surface area contributed by atoms with E-state index in [-0.39, 0.29) is 16.8 Å². The maximum Gasteiger partial charge on any atom is 0.417 e. The summed E-state index contributed by atoms with van der Waals surface area (Å²) in [4.78, 5) is 2.78. The molecule has 0 aliphatic heterocycles. The van der Waals surface area contributed by atoms with Crippen molar-refractivity contribution in [3.8, 4) is 0 Å². The second-order valence-electron chi connectivity index (χ2n) is 4.48. The third-order valence-electron chi connectivity index (χ3n) is 2.75. The Morgan fingerprint density at radius 3 is 2.12 bits per heavy atom. The first-order chi connectivity index (χ1) is 10.9. The van der Waals surface area contributed by atoms with Crippen LogP contribution in [-0.4, -0.2) is 4.98 Å². The second kappa shape index (κ2) is 6.32. The molecule has 2 aromatic rings. The lowest BCUT2D eigenvalue weighted by Gasteiger charge is -2.14. The minimum absolute atomic E-state index is 0.284. The molecule has 2 N–H and O–H groups in total. The molecule has 2 rings (SSSR count). The van der Waals surface area contributed by atoms with E-state index in [1.165, 1.54) is 0 Å². The second-order valence-corrected chi connectivity index (χ2v) is 5.92. The lowest BCUT2D eigenvalue weighted by atomic mass is 10.2. The summed E-state index contributed by atoms with van der Waals surface area (Å²) in [5.74, 6) is -1.10. The molecule has 1 aromatic heterocycles. The lowest BCUT2D eigenvalue weighted by Crippen LogP contribution is -2.09. The number of nitrogens with zero attached hydrogens (tertiary/aromatic N) is 1. The molecule has 0 bridgehead atoms. The van der Waals surface area contributed by atoms with Gasteiger partial charge in [-0.05, 0) is 18.2 Å². The van der Waals surface area contributed by atoms with Gasteiger partial charge in [-0.3, -0.25) is 0 Å². The van der Waals surface area contributed by atoms with Gasteiger partial charge in [0, 0.05) is 11.1 Å². The fraction of sp³-hybridized carbons (Fsp3) is 0.154. The van der Waals surface area contributed by atoms with Crippen molar-refractivity contribution in [2.24, 2.45) is 0 Å². The molecule has 1 aromatic carbocycles. The summed E-state index contributed by atoms with van der Waals surface area (Å²) in [6.45, 7) is 0. The fourth-order valence-corrected chi connectivity index (χ4v) is 2.84. The van der Waals surface area contributed by atoms with Crippen LogP contribution >= 0.6 is 23.4 Å². The van der Waals surface area contributed by atoms with Gasteiger partial charge in [-0.25, -0.2) is 9.37 Å². The van der Waals surface area contributed by atoms with Crippen LogP contribution in [0.5, 0.6) is 0 Å². The Morgan fingerprint density at radius 2 is 1.62 bits per heavy atom. The Kier molecular flexibility index (Phi) is 4.91. The van der Waals surface area contributed by atoms with Crippen molar-refractivity contribution in [3.05, 3.63) is 46.4 Å². The lowest BCUT2D eigenvalue weighted by molar-refractivity contribution is -0.140. The number of alkyl halides is 6. The molecule has 0 radical (unpaired) electrons. The molecular formula is C13H6ClF7N2S. The van der Waals surface area contributed by atoms with Crippen molar-refractivity contribution in [1.29, 1.82) is 0 Å². The van der Waals surface area contributed by atoms with E-state index in [2.05, 4.69) is 4.98 Å². The van der Waals surface area contributed by atoms with Crippen LogP contribution in [-0.2, 0) is 12.4 Å². The highest BCUT2D eigenvalue weighted by Crippen LogP contribution is 2.43. The number of hydrogen-bond acceptors (Lipinski definition) is 3. The zero-order valence-electron chi connectivity index (χ0n) is 11.3. The van der Waals surface area contributed by atoms with Gasteiger partial charge in [0.15, 0.2) is 0 Å². The number of pyridine rings is 1. The third-order valence-corrected chi connectivity index (χ3v) is 4.22. The number of hydrogen-bond donors (Lipinski definition) is 1. The molecule has 0 atom stereocenters. The van der Waals surface area contributed by atoms with Crippen LogP contribution in [0.15, 0.2) is 34.3 Å². The number of benzene rings is 1. The molecule has 0 aliphatic rings. The van der Waals surface area contributed by atoms with Crippen LogP contribution < -0.4 is 5.73 Å². The van der Waals surface area contributed by atoms with Crippen LogP contribution in [0.25, 0.3) is 0 Å². The maximum atomic E-state index is 13.5. The average molecular weight is 391 g/mol. The van der Waals surface area contributed by atoms with Crippen molar-refractivity contribution in [1.82, 2.24) is 4.98 Å². The number of halogens is 8. The van der Waals surface area contributed by atoms with Gasteiger partial charge in [0.1, 0.15) is 10.8 Å². The molecule has 11 heteroatoms. The Labute approximate surface area is 139 Å². The number of nitrogens with two attached hydrogens (primary N) is 1. The molecule has 0 fully saturated rings. The molecule has 2 nitrogen and oxygen atoms in total. The molecule has 0 aliphatic carbocycles. The van der Waals surface area contributed by atoms with Gasteiger partial charge in [0.2, 0.25) is 0 Å². The normalized spacial score (nSPS) is 12.5. The van der Waals surface area contributed by atoms with Gasteiger partial charge in [-0.15, -0.1) is 0 Å². The Morgan fingerprint density at radius 1 is 1.00 bits per heavy atom. The highest BCUT2D eigenvalue weighted by molar-refractivity contribution is 7.99. The van der Waals surface area contributed by atoms with E-state index in [4.69, 9.17) is 17.3 Å². The Bertz CT molecular complexity index is 774. The van der Waals surface area contributed by atoms with E-state index in [1.807, 2.05) is 0 Å². The molecule has 24 heavy (non-hydrogen) atoms. The third kappa shape index (κ3) is 4.04. The van der Waals surface area contributed by atoms with Gasteiger partial charge >= 0.3 is 12.4 Å². The van der Waals surface area contributed by atoms with Gasteiger partial charge in [0.05, 0.1) is 21.8 Å². The fourth-order valence-electron chi connectivity index (χ4n) is 1.64. The van der Waals surface area contributed by atoms with E-state index < -0.39 is 44.9 Å². The van der Waals surface area contributed by atoms with Crippen molar-refractivity contribution in [3.63, 3.8) is 0 Å². The molecule has 1 heterocycles. The van der Waals surface area contributed by atoms with Crippen molar-refractivity contribution >= 4 is 29.1 Å². The molecule has 0 amide bonds. The largest absolute Gasteiger partial charge is 0.417 e. The first-order valence-electron chi connectivity index (χ1n) is 5.96. The quantitative estimate of drug-likeness (QED) is 0.532. The number of nitrogen functional groups attached to an aromatic ring is 1. The van der Waals surface area contributed by atoms with Crippen molar-refractivity contribution in [2.75, 3.05) is 5.73 Å². The summed E-state index contributed by atoms with van der Waals surface area (Å²) in [7, 11) is 0. The zero-order valence-corrected chi connectivity index (χ0v) is 12.8. The molecule has 0 saturated carbocycles. The van der Waals surface area contributed by atoms with Gasteiger partial charge < -0.3 is 5.73 Å². The predicted octanol–water partition coefficient (Wildman–Crippen LogP) is 5.65. The highest BCUT2D eigenvalue weighted by Gasteiger charge is 2.35.